The second-order valence-corrected chi connectivity index (χ2v) is 9.97. The van der Waals surface area contributed by atoms with Crippen LogP contribution in [0.15, 0.2) is 48.5 Å². The molecule has 1 unspecified atom stereocenters. The molecule has 7 nitrogen and oxygen atoms in total. The lowest BCUT2D eigenvalue weighted by atomic mass is 9.97. The summed E-state index contributed by atoms with van der Waals surface area (Å²) in [5.74, 6) is -0.953. The molecule has 7 heteroatoms. The summed E-state index contributed by atoms with van der Waals surface area (Å²) in [5, 5.41) is 14.8. The van der Waals surface area contributed by atoms with Crippen LogP contribution < -0.4 is 10.6 Å². The summed E-state index contributed by atoms with van der Waals surface area (Å²) in [4.78, 5) is 36.3. The zero-order valence-corrected chi connectivity index (χ0v) is 19.7. The van der Waals surface area contributed by atoms with Crippen LogP contribution in [0.25, 0.3) is 11.1 Å². The SMILES string of the molecule is CC(C)(CCC(=O)NC(CC1CC1)C(=O)O)NC(=O)OCC1c2ccccc2-c2ccccc21. The van der Waals surface area contributed by atoms with Crippen LogP contribution in [0.1, 0.15) is 63.0 Å². The van der Waals surface area contributed by atoms with Crippen molar-refractivity contribution in [1.82, 2.24) is 10.6 Å². The fourth-order valence-electron chi connectivity index (χ4n) is 4.57. The maximum atomic E-state index is 12.6. The molecule has 0 radical (unpaired) electrons. The van der Waals surface area contributed by atoms with E-state index in [1.807, 2.05) is 38.1 Å². The second kappa shape index (κ2) is 9.87. The molecule has 0 saturated heterocycles. The minimum atomic E-state index is -1.00. The van der Waals surface area contributed by atoms with Gasteiger partial charge in [0.15, 0.2) is 0 Å². The summed E-state index contributed by atoms with van der Waals surface area (Å²) in [6, 6.07) is 15.5. The van der Waals surface area contributed by atoms with E-state index in [-0.39, 0.29) is 24.9 Å². The highest BCUT2D eigenvalue weighted by Gasteiger charge is 2.32. The van der Waals surface area contributed by atoms with E-state index in [9.17, 15) is 19.5 Å². The van der Waals surface area contributed by atoms with Crippen molar-refractivity contribution in [3.8, 4) is 11.1 Å². The quantitative estimate of drug-likeness (QED) is 0.482. The Morgan fingerprint density at radius 2 is 1.62 bits per heavy atom. The minimum absolute atomic E-state index is 0.0218. The van der Waals surface area contributed by atoms with Crippen LogP contribution in [-0.4, -0.2) is 41.3 Å². The fourth-order valence-corrected chi connectivity index (χ4v) is 4.57. The first kappa shape index (κ1) is 23.8. The second-order valence-electron chi connectivity index (χ2n) is 9.97. The Kier molecular flexibility index (Phi) is 6.91. The highest BCUT2D eigenvalue weighted by Crippen LogP contribution is 2.44. The van der Waals surface area contributed by atoms with Crippen molar-refractivity contribution >= 4 is 18.0 Å². The number of benzene rings is 2. The summed E-state index contributed by atoms with van der Waals surface area (Å²) in [5.41, 5.74) is 3.94. The van der Waals surface area contributed by atoms with Crippen LogP contribution in [0.2, 0.25) is 0 Å². The fraction of sp³-hybridized carbons (Fsp3) is 0.444. The number of rotatable bonds is 10. The van der Waals surface area contributed by atoms with E-state index in [1.54, 1.807) is 0 Å². The van der Waals surface area contributed by atoms with Crippen LogP contribution in [0.5, 0.6) is 0 Å². The molecule has 0 aliphatic heterocycles. The topological polar surface area (TPSA) is 105 Å². The summed E-state index contributed by atoms with van der Waals surface area (Å²) in [6.07, 6.45) is 2.46. The molecule has 1 atom stereocenters. The van der Waals surface area contributed by atoms with Gasteiger partial charge in [0.05, 0.1) is 0 Å². The third kappa shape index (κ3) is 5.76. The molecule has 34 heavy (non-hydrogen) atoms. The van der Waals surface area contributed by atoms with Crippen molar-refractivity contribution in [3.05, 3.63) is 59.7 Å². The zero-order valence-electron chi connectivity index (χ0n) is 19.7. The van der Waals surface area contributed by atoms with E-state index in [0.29, 0.717) is 18.8 Å². The molecular formula is C27H32N2O5. The highest BCUT2D eigenvalue weighted by atomic mass is 16.5. The summed E-state index contributed by atoms with van der Waals surface area (Å²) in [6.45, 7) is 3.86. The van der Waals surface area contributed by atoms with Crippen LogP contribution in [-0.2, 0) is 14.3 Å². The average Bonchev–Trinajstić information content (AvgIpc) is 3.56. The molecule has 3 N–H and O–H groups in total. The number of carboxylic acid groups (broad SMARTS) is 1. The van der Waals surface area contributed by atoms with Gasteiger partial charge in [-0.2, -0.15) is 0 Å². The van der Waals surface area contributed by atoms with Gasteiger partial charge in [-0.3, -0.25) is 4.79 Å². The Morgan fingerprint density at radius 1 is 1.03 bits per heavy atom. The Balaban J connectivity index is 1.27. The Morgan fingerprint density at radius 3 is 2.18 bits per heavy atom. The monoisotopic (exact) mass is 464 g/mol. The van der Waals surface area contributed by atoms with Gasteiger partial charge in [0, 0.05) is 17.9 Å². The zero-order chi connectivity index (χ0) is 24.3. The van der Waals surface area contributed by atoms with Crippen molar-refractivity contribution in [3.63, 3.8) is 0 Å². The first-order valence-electron chi connectivity index (χ1n) is 11.9. The Hall–Kier alpha value is -3.35. The number of ether oxygens (including phenoxy) is 1. The number of nitrogens with one attached hydrogen (secondary N) is 2. The first-order chi connectivity index (χ1) is 16.2. The van der Waals surface area contributed by atoms with E-state index >= 15 is 0 Å². The molecule has 1 fully saturated rings. The largest absolute Gasteiger partial charge is 0.480 e. The minimum Gasteiger partial charge on any atom is -0.480 e. The highest BCUT2D eigenvalue weighted by molar-refractivity contribution is 5.83. The molecule has 0 heterocycles. The molecular weight excluding hydrogens is 432 g/mol. The molecule has 2 aliphatic carbocycles. The van der Waals surface area contributed by atoms with Crippen LogP contribution in [0, 0.1) is 5.92 Å². The normalized spacial score (nSPS) is 15.7. The van der Waals surface area contributed by atoms with Crippen LogP contribution >= 0.6 is 0 Å². The predicted octanol–water partition coefficient (Wildman–Crippen LogP) is 4.45. The van der Waals surface area contributed by atoms with Crippen molar-refractivity contribution < 1.29 is 24.2 Å². The molecule has 2 amide bonds. The molecule has 1 saturated carbocycles. The molecule has 0 aromatic heterocycles. The van der Waals surface area contributed by atoms with E-state index in [0.717, 1.165) is 24.0 Å². The molecule has 2 aliphatic rings. The summed E-state index contributed by atoms with van der Waals surface area (Å²) in [7, 11) is 0. The third-order valence-electron chi connectivity index (χ3n) is 6.66. The summed E-state index contributed by atoms with van der Waals surface area (Å²) >= 11 is 0. The van der Waals surface area contributed by atoms with Crippen LogP contribution in [0.3, 0.4) is 0 Å². The van der Waals surface area contributed by atoms with Crippen LogP contribution in [0.4, 0.5) is 4.79 Å². The van der Waals surface area contributed by atoms with E-state index in [4.69, 9.17) is 4.74 Å². The van der Waals surface area contributed by atoms with Gasteiger partial charge in [-0.05, 0) is 54.9 Å². The molecule has 0 spiro atoms. The first-order valence-corrected chi connectivity index (χ1v) is 11.9. The number of carbonyl (C=O) groups excluding carboxylic acids is 2. The maximum Gasteiger partial charge on any atom is 0.407 e. The van der Waals surface area contributed by atoms with E-state index in [1.165, 1.54) is 11.1 Å². The van der Waals surface area contributed by atoms with E-state index in [2.05, 4.69) is 34.9 Å². The smallest absolute Gasteiger partial charge is 0.407 e. The average molecular weight is 465 g/mol. The van der Waals surface area contributed by atoms with E-state index < -0.39 is 23.6 Å². The number of amides is 2. The molecule has 2 aromatic carbocycles. The maximum absolute atomic E-state index is 12.6. The standard InChI is InChI=1S/C27H32N2O5/c1-27(2,14-13-24(30)28-23(25(31)32)15-17-11-12-17)29-26(33)34-16-22-20-9-5-3-7-18(20)19-8-4-6-10-21(19)22/h3-10,17,22-23H,11-16H2,1-2H3,(H,28,30)(H,29,33)(H,31,32). The van der Waals surface area contributed by atoms with Gasteiger partial charge in [-0.15, -0.1) is 0 Å². The number of carboxylic acids is 1. The number of hydrogen-bond acceptors (Lipinski definition) is 4. The number of alkyl carbamates (subject to hydrolysis) is 1. The summed E-state index contributed by atoms with van der Waals surface area (Å²) < 4.78 is 5.60. The lowest BCUT2D eigenvalue weighted by Crippen LogP contribution is -2.46. The number of aliphatic carboxylic acids is 1. The van der Waals surface area contributed by atoms with Gasteiger partial charge in [0.2, 0.25) is 5.91 Å². The van der Waals surface area contributed by atoms with Crippen molar-refractivity contribution in [2.24, 2.45) is 5.92 Å². The van der Waals surface area contributed by atoms with Gasteiger partial charge in [0.25, 0.3) is 0 Å². The van der Waals surface area contributed by atoms with Gasteiger partial charge in [-0.1, -0.05) is 61.4 Å². The van der Waals surface area contributed by atoms with Crippen molar-refractivity contribution in [2.75, 3.05) is 6.61 Å². The lowest BCUT2D eigenvalue weighted by molar-refractivity contribution is -0.142. The Labute approximate surface area is 199 Å². The molecule has 4 rings (SSSR count). The predicted molar refractivity (Wildman–Crippen MR) is 128 cm³/mol. The molecule has 180 valence electrons. The van der Waals surface area contributed by atoms with Gasteiger partial charge in [-0.25, -0.2) is 9.59 Å². The Bertz CT molecular complexity index is 1030. The van der Waals surface area contributed by atoms with Gasteiger partial charge in [0.1, 0.15) is 12.6 Å². The number of hydrogen-bond donors (Lipinski definition) is 3. The lowest BCUT2D eigenvalue weighted by Gasteiger charge is -2.26. The van der Waals surface area contributed by atoms with Gasteiger partial charge >= 0.3 is 12.1 Å². The molecule has 2 aromatic rings. The number of fused-ring (bicyclic) bond motifs is 3. The van der Waals surface area contributed by atoms with Crippen molar-refractivity contribution in [2.45, 2.75) is 63.5 Å². The van der Waals surface area contributed by atoms with Crippen molar-refractivity contribution in [1.29, 1.82) is 0 Å². The number of carbonyl (C=O) groups is 3. The van der Waals surface area contributed by atoms with Gasteiger partial charge < -0.3 is 20.5 Å². The third-order valence-corrected chi connectivity index (χ3v) is 6.66. The molecule has 0 bridgehead atoms.